The first-order chi connectivity index (χ1) is 9.90. The first-order valence-corrected chi connectivity index (χ1v) is 7.37. The Labute approximate surface area is 126 Å². The minimum absolute atomic E-state index is 0.112. The Balaban J connectivity index is 2.29. The van der Waals surface area contributed by atoms with Crippen LogP contribution in [0.4, 0.5) is 5.69 Å². The summed E-state index contributed by atoms with van der Waals surface area (Å²) in [6, 6.07) is 5.84. The number of thiazole rings is 1. The minimum atomic E-state index is -1.14. The topological polar surface area (TPSA) is 79.3 Å². The lowest BCUT2D eigenvalue weighted by molar-refractivity contribution is 0.0691. The Morgan fingerprint density at radius 1 is 1.33 bits per heavy atom. The predicted molar refractivity (Wildman–Crippen MR) is 82.3 cm³/mol. The highest BCUT2D eigenvalue weighted by atomic mass is 32.1. The molecule has 0 bridgehead atoms. The van der Waals surface area contributed by atoms with Crippen LogP contribution in [-0.2, 0) is 0 Å². The zero-order valence-electron chi connectivity index (χ0n) is 12.0. The average molecular weight is 304 g/mol. The number of anilines is 1. The molecule has 0 spiro atoms. The molecule has 110 valence electrons. The van der Waals surface area contributed by atoms with Crippen LogP contribution in [0.5, 0.6) is 0 Å². The fourth-order valence-corrected chi connectivity index (χ4v) is 2.67. The summed E-state index contributed by atoms with van der Waals surface area (Å²) < 4.78 is 0. The fourth-order valence-electron chi connectivity index (χ4n) is 1.99. The molecule has 0 aliphatic carbocycles. The van der Waals surface area contributed by atoms with Gasteiger partial charge in [-0.3, -0.25) is 4.79 Å². The van der Waals surface area contributed by atoms with Gasteiger partial charge in [-0.05, 0) is 24.0 Å². The number of hydrogen-bond acceptors (Lipinski definition) is 4. The van der Waals surface area contributed by atoms with Gasteiger partial charge in [0.1, 0.15) is 0 Å². The van der Waals surface area contributed by atoms with Crippen molar-refractivity contribution in [3.05, 3.63) is 45.4 Å². The maximum absolute atomic E-state index is 12.2. The molecule has 1 heterocycles. The molecule has 0 saturated carbocycles. The van der Waals surface area contributed by atoms with Gasteiger partial charge in [0.05, 0.1) is 0 Å². The number of aryl methyl sites for hydroxylation is 1. The molecular weight excluding hydrogens is 288 g/mol. The molecule has 2 N–H and O–H groups in total. The van der Waals surface area contributed by atoms with Crippen LogP contribution in [0, 0.1) is 6.92 Å². The van der Waals surface area contributed by atoms with Crippen molar-refractivity contribution in [3.63, 3.8) is 0 Å². The van der Waals surface area contributed by atoms with E-state index in [0.717, 1.165) is 28.2 Å². The number of carboxylic acids is 1. The molecule has 1 aromatic heterocycles. The van der Waals surface area contributed by atoms with Crippen LogP contribution in [0.15, 0.2) is 23.6 Å². The van der Waals surface area contributed by atoms with Gasteiger partial charge in [0.15, 0.2) is 10.7 Å². The Kier molecular flexibility index (Phi) is 4.37. The summed E-state index contributed by atoms with van der Waals surface area (Å²) in [5.41, 5.74) is 2.66. The van der Waals surface area contributed by atoms with E-state index in [-0.39, 0.29) is 22.5 Å². The number of nitrogens with zero attached hydrogens (tertiary/aromatic N) is 1. The van der Waals surface area contributed by atoms with E-state index in [1.54, 1.807) is 0 Å². The molecule has 0 aliphatic rings. The molecule has 5 nitrogen and oxygen atoms in total. The second-order valence-corrected chi connectivity index (χ2v) is 5.85. The summed E-state index contributed by atoms with van der Waals surface area (Å²) in [6.07, 6.45) is 0. The zero-order valence-corrected chi connectivity index (χ0v) is 12.8. The molecule has 0 radical (unpaired) electrons. The van der Waals surface area contributed by atoms with Crippen LogP contribution in [0.2, 0.25) is 0 Å². The van der Waals surface area contributed by atoms with E-state index in [1.807, 2.05) is 25.1 Å². The van der Waals surface area contributed by atoms with Crippen molar-refractivity contribution in [2.24, 2.45) is 0 Å². The number of hydrogen-bond donors (Lipinski definition) is 2. The van der Waals surface area contributed by atoms with Crippen molar-refractivity contribution >= 4 is 28.9 Å². The molecule has 1 amide bonds. The van der Waals surface area contributed by atoms with Crippen molar-refractivity contribution in [2.45, 2.75) is 26.7 Å². The van der Waals surface area contributed by atoms with E-state index >= 15 is 0 Å². The lowest BCUT2D eigenvalue weighted by Gasteiger charge is -2.15. The summed E-state index contributed by atoms with van der Waals surface area (Å²) in [5, 5.41) is 13.2. The highest BCUT2D eigenvalue weighted by molar-refractivity contribution is 7.12. The van der Waals surface area contributed by atoms with Crippen molar-refractivity contribution in [1.29, 1.82) is 0 Å². The van der Waals surface area contributed by atoms with E-state index in [4.69, 9.17) is 5.11 Å². The average Bonchev–Trinajstić information content (AvgIpc) is 2.90. The number of aromatic carboxylic acids is 1. The minimum Gasteiger partial charge on any atom is -0.476 e. The number of benzene rings is 1. The zero-order chi connectivity index (χ0) is 15.6. The second-order valence-electron chi connectivity index (χ2n) is 4.99. The quantitative estimate of drug-likeness (QED) is 0.905. The second kappa shape index (κ2) is 6.05. The molecule has 0 aliphatic heterocycles. The SMILES string of the molecule is Cc1cccc(C(C)C)c1NC(=O)c1nc(C(=O)O)cs1. The number of carbonyl (C=O) groups is 2. The van der Waals surface area contributed by atoms with Gasteiger partial charge >= 0.3 is 5.97 Å². The monoisotopic (exact) mass is 304 g/mol. The van der Waals surface area contributed by atoms with Gasteiger partial charge in [0.25, 0.3) is 5.91 Å². The number of nitrogens with one attached hydrogen (secondary N) is 1. The van der Waals surface area contributed by atoms with Crippen LogP contribution in [0.3, 0.4) is 0 Å². The van der Waals surface area contributed by atoms with E-state index in [9.17, 15) is 9.59 Å². The van der Waals surface area contributed by atoms with E-state index in [2.05, 4.69) is 24.1 Å². The van der Waals surface area contributed by atoms with Gasteiger partial charge < -0.3 is 10.4 Å². The van der Waals surface area contributed by atoms with Gasteiger partial charge in [-0.1, -0.05) is 32.0 Å². The number of para-hydroxylation sites is 1. The molecule has 6 heteroatoms. The maximum Gasteiger partial charge on any atom is 0.355 e. The Bertz CT molecular complexity index is 692. The first kappa shape index (κ1) is 15.2. The van der Waals surface area contributed by atoms with Crippen LogP contribution in [0.25, 0.3) is 0 Å². The summed E-state index contributed by atoms with van der Waals surface area (Å²) in [4.78, 5) is 26.8. The Morgan fingerprint density at radius 2 is 2.05 bits per heavy atom. The van der Waals surface area contributed by atoms with Crippen molar-refractivity contribution in [2.75, 3.05) is 5.32 Å². The molecule has 1 aromatic carbocycles. The summed E-state index contributed by atoms with van der Waals surface area (Å²) >= 11 is 1.02. The molecule has 0 saturated heterocycles. The third-order valence-corrected chi connectivity index (χ3v) is 3.92. The summed E-state index contributed by atoms with van der Waals surface area (Å²) in [6.45, 7) is 6.03. The van der Waals surface area contributed by atoms with Gasteiger partial charge in [-0.2, -0.15) is 0 Å². The summed E-state index contributed by atoms with van der Waals surface area (Å²) in [5.74, 6) is -1.25. The molecular formula is C15H16N2O3S. The molecule has 2 rings (SSSR count). The van der Waals surface area contributed by atoms with Crippen LogP contribution < -0.4 is 5.32 Å². The van der Waals surface area contributed by atoms with Crippen LogP contribution in [0.1, 0.15) is 51.2 Å². The number of amides is 1. The maximum atomic E-state index is 12.2. The van der Waals surface area contributed by atoms with E-state index in [1.165, 1.54) is 5.38 Å². The number of carbonyl (C=O) groups excluding carboxylic acids is 1. The molecule has 0 atom stereocenters. The highest BCUT2D eigenvalue weighted by Crippen LogP contribution is 2.28. The third-order valence-electron chi connectivity index (χ3n) is 3.08. The fraction of sp³-hybridized carbons (Fsp3) is 0.267. The normalized spacial score (nSPS) is 10.7. The van der Waals surface area contributed by atoms with Crippen LogP contribution in [-0.4, -0.2) is 22.0 Å². The smallest absolute Gasteiger partial charge is 0.355 e. The van der Waals surface area contributed by atoms with Gasteiger partial charge in [-0.25, -0.2) is 9.78 Å². The predicted octanol–water partition coefficient (Wildman–Crippen LogP) is 3.53. The third kappa shape index (κ3) is 3.28. The van der Waals surface area contributed by atoms with Gasteiger partial charge in [0.2, 0.25) is 0 Å². The Hall–Kier alpha value is -2.21. The van der Waals surface area contributed by atoms with Crippen molar-refractivity contribution in [1.82, 2.24) is 4.98 Å². The molecule has 0 fully saturated rings. The lowest BCUT2D eigenvalue weighted by atomic mass is 9.98. The van der Waals surface area contributed by atoms with Crippen molar-refractivity contribution < 1.29 is 14.7 Å². The van der Waals surface area contributed by atoms with Gasteiger partial charge in [-0.15, -0.1) is 11.3 Å². The number of aromatic nitrogens is 1. The molecule has 21 heavy (non-hydrogen) atoms. The number of carboxylic acid groups (broad SMARTS) is 1. The van der Waals surface area contributed by atoms with Crippen LogP contribution >= 0.6 is 11.3 Å². The lowest BCUT2D eigenvalue weighted by Crippen LogP contribution is -2.15. The van der Waals surface area contributed by atoms with E-state index in [0.29, 0.717) is 0 Å². The first-order valence-electron chi connectivity index (χ1n) is 6.49. The largest absolute Gasteiger partial charge is 0.476 e. The standard InChI is InChI=1S/C15H16N2O3S/c1-8(2)10-6-4-5-9(3)12(10)17-13(18)14-16-11(7-21-14)15(19)20/h4-8H,1-3H3,(H,17,18)(H,19,20). The molecule has 0 unspecified atom stereocenters. The number of rotatable bonds is 4. The van der Waals surface area contributed by atoms with Crippen molar-refractivity contribution in [3.8, 4) is 0 Å². The van der Waals surface area contributed by atoms with E-state index < -0.39 is 5.97 Å². The van der Waals surface area contributed by atoms with Gasteiger partial charge in [0, 0.05) is 11.1 Å². The Morgan fingerprint density at radius 3 is 2.62 bits per heavy atom. The highest BCUT2D eigenvalue weighted by Gasteiger charge is 2.17. The molecule has 2 aromatic rings. The summed E-state index contributed by atoms with van der Waals surface area (Å²) in [7, 11) is 0.